The van der Waals surface area contributed by atoms with E-state index < -0.39 is 76.7 Å². The van der Waals surface area contributed by atoms with Gasteiger partial charge in [-0.3, -0.25) is 33.8 Å². The van der Waals surface area contributed by atoms with Crippen LogP contribution in [0.3, 0.4) is 0 Å². The van der Waals surface area contributed by atoms with E-state index in [2.05, 4.69) is 38.0 Å². The highest BCUT2D eigenvalue weighted by Crippen LogP contribution is 2.43. The van der Waals surface area contributed by atoms with Crippen molar-refractivity contribution in [3.63, 3.8) is 0 Å². The molecule has 2 saturated heterocycles. The number of hydrogen-bond donors (Lipinski definition) is 4. The lowest BCUT2D eigenvalue weighted by Crippen LogP contribution is -2.64. The number of nitrogens with zero attached hydrogens (tertiary/aromatic N) is 5. The number of morpholine rings is 1. The second kappa shape index (κ2) is 24.2. The number of halogens is 3. The zero-order chi connectivity index (χ0) is 57.1. The Morgan fingerprint density at radius 3 is 2.24 bits per heavy atom. The highest BCUT2D eigenvalue weighted by molar-refractivity contribution is 6.04. The fourth-order valence-electron chi connectivity index (χ4n) is 11.2. The van der Waals surface area contributed by atoms with E-state index in [1.54, 1.807) is 48.0 Å². The summed E-state index contributed by atoms with van der Waals surface area (Å²) in [5.74, 6) is -5.14. The van der Waals surface area contributed by atoms with Gasteiger partial charge in [0.15, 0.2) is 0 Å². The average molecular weight is 1090 g/mol. The zero-order valence-electron chi connectivity index (χ0n) is 46.6. The predicted octanol–water partition coefficient (Wildman–Crippen LogP) is 6.74. The molecular weight excluding hydrogens is 1020 g/mol. The van der Waals surface area contributed by atoms with E-state index in [1.807, 2.05) is 59.7 Å². The monoisotopic (exact) mass is 1090 g/mol. The van der Waals surface area contributed by atoms with Crippen LogP contribution < -0.4 is 26.2 Å². The minimum Gasteiger partial charge on any atom is -0.444 e. The van der Waals surface area contributed by atoms with Crippen LogP contribution in [0.25, 0.3) is 0 Å². The van der Waals surface area contributed by atoms with Crippen LogP contribution >= 0.6 is 0 Å². The van der Waals surface area contributed by atoms with E-state index in [1.165, 1.54) is 29.2 Å². The Balaban J connectivity index is 1.02. The number of anilines is 3. The van der Waals surface area contributed by atoms with Crippen molar-refractivity contribution in [2.24, 2.45) is 5.92 Å². The lowest BCUT2D eigenvalue weighted by Gasteiger charge is -2.47. The number of piperazine rings is 1. The quantitative estimate of drug-likeness (QED) is 0.0932. The third-order valence-electron chi connectivity index (χ3n) is 15.7. The molecule has 0 saturated carbocycles. The van der Waals surface area contributed by atoms with Crippen LogP contribution in [0.15, 0.2) is 78.9 Å². The van der Waals surface area contributed by atoms with E-state index >= 15 is 4.79 Å². The molecule has 424 valence electrons. The molecule has 4 unspecified atom stereocenters. The number of hydrogen-bond acceptors (Lipinski definition) is 11. The van der Waals surface area contributed by atoms with Crippen LogP contribution in [0.5, 0.6) is 0 Å². The van der Waals surface area contributed by atoms with Crippen molar-refractivity contribution in [1.82, 2.24) is 30.2 Å². The van der Waals surface area contributed by atoms with Crippen molar-refractivity contribution in [2.75, 3.05) is 81.6 Å². The number of benzene rings is 4. The Kier molecular flexibility index (Phi) is 17.9. The number of rotatable bonds is 16. The molecule has 79 heavy (non-hydrogen) atoms. The van der Waals surface area contributed by atoms with E-state index in [4.69, 9.17) is 9.47 Å². The molecule has 0 aliphatic carbocycles. The molecule has 17 nitrogen and oxygen atoms in total. The molecule has 20 heteroatoms. The van der Waals surface area contributed by atoms with Crippen molar-refractivity contribution in [3.05, 3.63) is 124 Å². The molecule has 0 bridgehead atoms. The number of carbonyl (C=O) groups is 6. The Bertz CT molecular complexity index is 2920. The summed E-state index contributed by atoms with van der Waals surface area (Å²) in [7, 11) is 1.65. The summed E-state index contributed by atoms with van der Waals surface area (Å²) in [6.45, 7) is 17.6. The Hall–Kier alpha value is -6.87. The number of ether oxygens (including phenoxy) is 2. The maximum Gasteiger partial charge on any atom is 0.410 e. The molecule has 2 fully saturated rings. The molecule has 4 N–H and O–H groups in total. The van der Waals surface area contributed by atoms with Crippen LogP contribution in [-0.2, 0) is 51.8 Å². The summed E-state index contributed by atoms with van der Waals surface area (Å²) in [4.78, 5) is 94.4. The SMILES string of the molecule is CC[C@H](C)C(NC)C(=O)N1Cc2ccc(NC(=O)CNC(=O)[C@]3(C)CN(C(=O)CN4CC(C)N(C(=O)OC(C)(C)C)C[C@@H]4CN4CCOCC4C)c4cc(Cc5ccc(F)cc5)ccc43)cc2C1C(=O)Nc1c(F)cccc1F. The smallest absolute Gasteiger partial charge is 0.410 e. The number of nitrogens with one attached hydrogen (secondary N) is 4. The third-order valence-corrected chi connectivity index (χ3v) is 15.7. The van der Waals surface area contributed by atoms with Gasteiger partial charge in [-0.15, -0.1) is 0 Å². The maximum absolute atomic E-state index is 15.0. The number of carbonyl (C=O) groups excluding carboxylic acids is 6. The molecule has 7 atom stereocenters. The molecule has 4 heterocycles. The number of likely N-dealkylation sites (N-methyl/N-ethyl adjacent to an activating group) is 1. The van der Waals surface area contributed by atoms with Gasteiger partial charge in [-0.1, -0.05) is 56.7 Å². The van der Waals surface area contributed by atoms with E-state index in [0.29, 0.717) is 74.6 Å². The summed E-state index contributed by atoms with van der Waals surface area (Å²) in [5, 5.41) is 11.0. The van der Waals surface area contributed by atoms with Crippen LogP contribution in [0.1, 0.15) is 95.7 Å². The Morgan fingerprint density at radius 2 is 1.57 bits per heavy atom. The van der Waals surface area contributed by atoms with Gasteiger partial charge in [0.25, 0.3) is 5.91 Å². The second-order valence-electron chi connectivity index (χ2n) is 22.7. The first-order chi connectivity index (χ1) is 37.5. The van der Waals surface area contributed by atoms with Crippen LogP contribution in [0, 0.1) is 23.4 Å². The van der Waals surface area contributed by atoms with Crippen molar-refractivity contribution >= 4 is 52.7 Å². The van der Waals surface area contributed by atoms with E-state index in [0.717, 1.165) is 23.3 Å². The topological polar surface area (TPSA) is 185 Å². The van der Waals surface area contributed by atoms with Gasteiger partial charge in [0.1, 0.15) is 34.8 Å². The molecule has 0 aromatic heterocycles. The molecule has 8 rings (SSSR count). The van der Waals surface area contributed by atoms with Crippen molar-refractivity contribution in [2.45, 2.75) is 116 Å². The predicted molar refractivity (Wildman–Crippen MR) is 294 cm³/mol. The van der Waals surface area contributed by atoms with E-state index in [9.17, 15) is 37.1 Å². The number of amides is 6. The van der Waals surface area contributed by atoms with Gasteiger partial charge in [-0.25, -0.2) is 18.0 Å². The van der Waals surface area contributed by atoms with Gasteiger partial charge < -0.3 is 45.4 Å². The molecule has 0 radical (unpaired) electrons. The van der Waals surface area contributed by atoms with Gasteiger partial charge in [-0.05, 0) is 131 Å². The first-order valence-electron chi connectivity index (χ1n) is 27.2. The molecule has 4 aromatic carbocycles. The highest BCUT2D eigenvalue weighted by atomic mass is 19.1. The van der Waals surface area contributed by atoms with E-state index in [-0.39, 0.29) is 61.1 Å². The Morgan fingerprint density at radius 1 is 0.861 bits per heavy atom. The molecule has 4 aromatic rings. The molecule has 0 spiro atoms. The second-order valence-corrected chi connectivity index (χ2v) is 22.7. The Labute approximate surface area is 460 Å². The first-order valence-corrected chi connectivity index (χ1v) is 27.2. The van der Waals surface area contributed by atoms with Crippen molar-refractivity contribution in [1.29, 1.82) is 0 Å². The van der Waals surface area contributed by atoms with Gasteiger partial charge in [0, 0.05) is 68.8 Å². The third kappa shape index (κ3) is 13.1. The lowest BCUT2D eigenvalue weighted by atomic mass is 9.83. The average Bonchev–Trinajstić information content (AvgIpc) is 4.07. The fraction of sp³-hybridized carbons (Fsp3) is 0.492. The van der Waals surface area contributed by atoms with Crippen molar-refractivity contribution < 1.29 is 51.4 Å². The van der Waals surface area contributed by atoms with Gasteiger partial charge in [-0.2, -0.15) is 0 Å². The van der Waals surface area contributed by atoms with Crippen LogP contribution in [-0.4, -0.2) is 151 Å². The van der Waals surface area contributed by atoms with Crippen molar-refractivity contribution in [3.8, 4) is 0 Å². The normalized spacial score (nSPS) is 22.2. The number of para-hydroxylation sites is 1. The first kappa shape index (κ1) is 58.3. The standard InChI is InChI=1S/C59H74F3N9O8/c1-10-35(2)51(63-9)55(75)70-29-40-17-20-42(26-44(40)53(70)54(74)66-52-46(61)12-11-13-47(52)62)65-49(72)27-64-56(76)59(8)34-71(48-25-39(16-21-45(48)59)24-38-14-18-41(60)19-15-38)50(73)32-68-28-36(3)69(57(77)79-58(5,6)7)31-43(68)30-67-22-23-78-33-37(67)4/h11-21,25-26,35-37,43,51,53,63H,10,22-24,27-34H2,1-9H3,(H,64,76)(H,65,72)(H,66,74)/t35-,36?,37?,43-,51?,53?,59+/m0/s1. The highest BCUT2D eigenvalue weighted by Gasteiger charge is 2.48. The maximum atomic E-state index is 15.0. The van der Waals surface area contributed by atoms with Gasteiger partial charge >= 0.3 is 6.09 Å². The summed E-state index contributed by atoms with van der Waals surface area (Å²) in [6.07, 6.45) is 0.645. The minimum absolute atomic E-state index is 0.0103. The molecule has 4 aliphatic heterocycles. The molecule has 6 amide bonds. The summed E-state index contributed by atoms with van der Waals surface area (Å²) in [6, 6.07) is 17.3. The summed E-state index contributed by atoms with van der Waals surface area (Å²) < 4.78 is 55.2. The van der Waals surface area contributed by atoms with Crippen LogP contribution in [0.2, 0.25) is 0 Å². The number of fused-ring (bicyclic) bond motifs is 2. The fourth-order valence-corrected chi connectivity index (χ4v) is 11.2. The zero-order valence-corrected chi connectivity index (χ0v) is 46.6. The summed E-state index contributed by atoms with van der Waals surface area (Å²) >= 11 is 0. The largest absolute Gasteiger partial charge is 0.444 e. The lowest BCUT2D eigenvalue weighted by molar-refractivity contribution is -0.141. The molecular formula is C59H74F3N9O8. The minimum atomic E-state index is -1.34. The summed E-state index contributed by atoms with van der Waals surface area (Å²) in [5.41, 5.74) is 1.20. The molecule has 4 aliphatic rings. The van der Waals surface area contributed by atoms with Gasteiger partial charge in [0.05, 0.1) is 37.8 Å². The van der Waals surface area contributed by atoms with Crippen LogP contribution in [0.4, 0.5) is 35.0 Å². The van der Waals surface area contributed by atoms with Gasteiger partial charge in [0.2, 0.25) is 23.6 Å².